The Hall–Kier alpha value is -2.70. The summed E-state index contributed by atoms with van der Waals surface area (Å²) in [5.41, 5.74) is -1.13. The van der Waals surface area contributed by atoms with E-state index in [4.69, 9.17) is 10.2 Å². The van der Waals surface area contributed by atoms with Crippen molar-refractivity contribution < 1.29 is 35.1 Å². The number of phenolic OH excluding ortho intramolecular Hbond substituents is 1. The third-order valence-electron chi connectivity index (χ3n) is 1.90. The summed E-state index contributed by atoms with van der Waals surface area (Å²) in [6.45, 7) is 0. The van der Waals surface area contributed by atoms with Gasteiger partial charge in [0, 0.05) is 11.6 Å². The lowest BCUT2D eigenvalue weighted by Crippen LogP contribution is -1.99. The Labute approximate surface area is 94.5 Å². The number of rotatable bonds is 3. The molecule has 0 heterocycles. The van der Waals surface area contributed by atoms with Crippen molar-refractivity contribution >= 4 is 18.0 Å². The van der Waals surface area contributed by atoms with Gasteiger partial charge in [-0.15, -0.1) is 0 Å². The zero-order chi connectivity index (χ0) is 13.2. The molecule has 1 aromatic carbocycles. The van der Waals surface area contributed by atoms with Gasteiger partial charge in [-0.25, -0.2) is 9.59 Å². The molecular weight excluding hydrogens is 232 g/mol. The quantitative estimate of drug-likeness (QED) is 0.296. The van der Waals surface area contributed by atoms with Gasteiger partial charge >= 0.3 is 11.9 Å². The van der Waals surface area contributed by atoms with Gasteiger partial charge < -0.3 is 25.5 Å². The largest absolute Gasteiger partial charge is 0.506 e. The van der Waals surface area contributed by atoms with Crippen LogP contribution in [0.4, 0.5) is 0 Å². The third-order valence-corrected chi connectivity index (χ3v) is 1.90. The molecule has 0 aliphatic heterocycles. The smallest absolute Gasteiger partial charge is 0.343 e. The lowest BCUT2D eigenvalue weighted by Gasteiger charge is -2.07. The highest BCUT2D eigenvalue weighted by Gasteiger charge is 2.21. The number of aliphatic carboxylic acids is 1. The second-order valence-electron chi connectivity index (χ2n) is 3.03. The molecule has 0 spiro atoms. The Kier molecular flexibility index (Phi) is 3.23. The van der Waals surface area contributed by atoms with Crippen molar-refractivity contribution in [2.75, 3.05) is 0 Å². The van der Waals surface area contributed by atoms with Crippen molar-refractivity contribution in [3.8, 4) is 17.2 Å². The molecule has 90 valence electrons. The van der Waals surface area contributed by atoms with Gasteiger partial charge in [-0.1, -0.05) is 0 Å². The number of aromatic hydroxyl groups is 3. The minimum Gasteiger partial charge on any atom is -0.506 e. The summed E-state index contributed by atoms with van der Waals surface area (Å²) in [5, 5.41) is 45.0. The lowest BCUT2D eigenvalue weighted by molar-refractivity contribution is -0.131. The number of hydrogen-bond donors (Lipinski definition) is 5. The molecule has 5 N–H and O–H groups in total. The minimum atomic E-state index is -1.65. The molecule has 0 bridgehead atoms. The fourth-order valence-electron chi connectivity index (χ4n) is 1.16. The molecule has 0 fully saturated rings. The normalized spacial score (nSPS) is 10.6. The summed E-state index contributed by atoms with van der Waals surface area (Å²) >= 11 is 0. The summed E-state index contributed by atoms with van der Waals surface area (Å²) < 4.78 is 0. The van der Waals surface area contributed by atoms with Crippen LogP contribution in [0, 0.1) is 0 Å². The predicted octanol–water partition coefficient (Wildman–Crippen LogP) is 0.599. The standard InChI is InChI=1S/C10H8O7/c11-5-3-4(1-2-6(12)13)8(14)7(9(5)15)10(16)17/h1-3,11,14-15H,(H,12,13)(H,16,17)/b2-1+. The van der Waals surface area contributed by atoms with E-state index in [9.17, 15) is 24.9 Å². The molecule has 1 rings (SSSR count). The van der Waals surface area contributed by atoms with E-state index in [0.717, 1.165) is 12.1 Å². The molecule has 0 saturated heterocycles. The van der Waals surface area contributed by atoms with Crippen LogP contribution in [-0.4, -0.2) is 37.5 Å². The van der Waals surface area contributed by atoms with Gasteiger partial charge in [0.1, 0.15) is 11.3 Å². The van der Waals surface area contributed by atoms with Gasteiger partial charge in [0.05, 0.1) is 0 Å². The first-order chi connectivity index (χ1) is 7.84. The summed E-state index contributed by atoms with van der Waals surface area (Å²) in [5.74, 6) is -5.55. The van der Waals surface area contributed by atoms with Crippen molar-refractivity contribution in [3.05, 3.63) is 23.3 Å². The van der Waals surface area contributed by atoms with Gasteiger partial charge in [0.2, 0.25) is 0 Å². The topological polar surface area (TPSA) is 135 Å². The molecule has 0 amide bonds. The molecular formula is C10H8O7. The molecule has 7 nitrogen and oxygen atoms in total. The van der Waals surface area contributed by atoms with Gasteiger partial charge in [-0.05, 0) is 12.1 Å². The minimum absolute atomic E-state index is 0.236. The molecule has 0 atom stereocenters. The number of phenols is 3. The van der Waals surface area contributed by atoms with Crippen molar-refractivity contribution in [3.63, 3.8) is 0 Å². The third kappa shape index (κ3) is 2.46. The number of carbonyl (C=O) groups is 2. The van der Waals surface area contributed by atoms with Crippen LogP contribution >= 0.6 is 0 Å². The molecule has 7 heteroatoms. The van der Waals surface area contributed by atoms with Crippen molar-refractivity contribution in [2.45, 2.75) is 0 Å². The van der Waals surface area contributed by atoms with Crippen LogP contribution in [0.25, 0.3) is 6.08 Å². The van der Waals surface area contributed by atoms with Crippen molar-refractivity contribution in [1.29, 1.82) is 0 Å². The number of carboxylic acids is 2. The summed E-state index contributed by atoms with van der Waals surface area (Å²) in [7, 11) is 0. The first-order valence-corrected chi connectivity index (χ1v) is 4.26. The highest BCUT2D eigenvalue weighted by Crippen LogP contribution is 2.38. The van der Waals surface area contributed by atoms with Crippen LogP contribution in [-0.2, 0) is 4.79 Å². The van der Waals surface area contributed by atoms with Crippen LogP contribution in [0.15, 0.2) is 12.1 Å². The number of hydrogen-bond acceptors (Lipinski definition) is 5. The summed E-state index contributed by atoms with van der Waals surface area (Å²) in [6.07, 6.45) is 1.54. The molecule has 0 aliphatic carbocycles. The van der Waals surface area contributed by atoms with Gasteiger partial charge in [-0.3, -0.25) is 0 Å². The Balaban J connectivity index is 3.44. The molecule has 17 heavy (non-hydrogen) atoms. The van der Waals surface area contributed by atoms with Gasteiger partial charge in [0.25, 0.3) is 0 Å². The van der Waals surface area contributed by atoms with Gasteiger partial charge in [0.15, 0.2) is 11.5 Å². The van der Waals surface area contributed by atoms with Crippen LogP contribution in [0.5, 0.6) is 17.2 Å². The zero-order valence-corrected chi connectivity index (χ0v) is 8.28. The van der Waals surface area contributed by atoms with E-state index in [-0.39, 0.29) is 5.56 Å². The second kappa shape index (κ2) is 4.44. The van der Waals surface area contributed by atoms with Crippen molar-refractivity contribution in [2.24, 2.45) is 0 Å². The monoisotopic (exact) mass is 240 g/mol. The van der Waals surface area contributed by atoms with Gasteiger partial charge in [-0.2, -0.15) is 0 Å². The maximum absolute atomic E-state index is 10.7. The maximum Gasteiger partial charge on any atom is 0.343 e. The summed E-state index contributed by atoms with van der Waals surface area (Å²) in [4.78, 5) is 21.0. The average Bonchev–Trinajstić information content (AvgIpc) is 2.21. The van der Waals surface area contributed by atoms with E-state index in [1.807, 2.05) is 0 Å². The van der Waals surface area contributed by atoms with E-state index < -0.39 is 34.8 Å². The van der Waals surface area contributed by atoms with Crippen LogP contribution in [0.1, 0.15) is 15.9 Å². The number of aromatic carboxylic acids is 1. The maximum atomic E-state index is 10.7. The Bertz CT molecular complexity index is 516. The Morgan fingerprint density at radius 3 is 2.12 bits per heavy atom. The number of carboxylic acid groups (broad SMARTS) is 2. The molecule has 1 aromatic rings. The average molecular weight is 240 g/mol. The van der Waals surface area contributed by atoms with Crippen LogP contribution in [0.3, 0.4) is 0 Å². The first-order valence-electron chi connectivity index (χ1n) is 4.26. The van der Waals surface area contributed by atoms with E-state index in [1.54, 1.807) is 0 Å². The zero-order valence-electron chi connectivity index (χ0n) is 8.28. The predicted molar refractivity (Wildman–Crippen MR) is 55.1 cm³/mol. The Morgan fingerprint density at radius 2 is 1.65 bits per heavy atom. The molecule has 0 unspecified atom stereocenters. The summed E-state index contributed by atoms with van der Waals surface area (Å²) in [6, 6.07) is 0.844. The highest BCUT2D eigenvalue weighted by molar-refractivity contribution is 5.97. The molecule has 0 saturated carbocycles. The van der Waals surface area contributed by atoms with Crippen LogP contribution in [0.2, 0.25) is 0 Å². The molecule has 0 radical (unpaired) electrons. The van der Waals surface area contributed by atoms with E-state index in [0.29, 0.717) is 6.08 Å². The number of benzene rings is 1. The molecule has 0 aliphatic rings. The van der Waals surface area contributed by atoms with Crippen LogP contribution < -0.4 is 0 Å². The van der Waals surface area contributed by atoms with E-state index in [1.165, 1.54) is 0 Å². The van der Waals surface area contributed by atoms with E-state index >= 15 is 0 Å². The second-order valence-corrected chi connectivity index (χ2v) is 3.03. The molecule has 0 aromatic heterocycles. The van der Waals surface area contributed by atoms with E-state index in [2.05, 4.69) is 0 Å². The SMILES string of the molecule is O=C(O)/C=C/c1cc(O)c(O)c(C(=O)O)c1O. The van der Waals surface area contributed by atoms with Crippen molar-refractivity contribution in [1.82, 2.24) is 0 Å². The fraction of sp³-hybridized carbons (Fsp3) is 0. The lowest BCUT2D eigenvalue weighted by atomic mass is 10.1. The Morgan fingerprint density at radius 1 is 1.06 bits per heavy atom. The first kappa shape index (κ1) is 12.4. The highest BCUT2D eigenvalue weighted by atomic mass is 16.4. The fourth-order valence-corrected chi connectivity index (χ4v) is 1.16.